The predicted molar refractivity (Wildman–Crippen MR) is 154 cm³/mol. The molecule has 0 saturated carbocycles. The van der Waals surface area contributed by atoms with Crippen LogP contribution in [0.3, 0.4) is 0 Å². The predicted octanol–water partition coefficient (Wildman–Crippen LogP) is 3.29. The first-order valence-corrected chi connectivity index (χ1v) is 13.9. The van der Waals surface area contributed by atoms with E-state index in [1.165, 1.54) is 22.6 Å². The summed E-state index contributed by atoms with van der Waals surface area (Å²) < 4.78 is 8.65. The second-order valence-corrected chi connectivity index (χ2v) is 10.1. The van der Waals surface area contributed by atoms with E-state index in [9.17, 15) is 14.4 Å². The highest BCUT2D eigenvalue weighted by Crippen LogP contribution is 2.21. The molecule has 1 aliphatic rings. The lowest BCUT2D eigenvalue weighted by molar-refractivity contribution is 0.104. The highest BCUT2D eigenvalue weighted by Gasteiger charge is 2.20. The van der Waals surface area contributed by atoms with Crippen LogP contribution in [0, 0.1) is 0 Å². The fourth-order valence-corrected chi connectivity index (χ4v) is 4.88. The van der Waals surface area contributed by atoms with Gasteiger partial charge < -0.3 is 9.64 Å². The Kier molecular flexibility index (Phi) is 9.25. The van der Waals surface area contributed by atoms with E-state index >= 15 is 0 Å². The SMILES string of the molecule is CSc1ccc(/C=C/C(=O)c2ccccc2OCCCN2CCN(c3cc(=O)n(C)c(=O)n3C)CC2)cc1. The maximum absolute atomic E-state index is 12.8. The van der Waals surface area contributed by atoms with Gasteiger partial charge >= 0.3 is 5.69 Å². The average Bonchev–Trinajstić information content (AvgIpc) is 2.95. The van der Waals surface area contributed by atoms with Gasteiger partial charge in [-0.15, -0.1) is 11.8 Å². The van der Waals surface area contributed by atoms with E-state index in [0.717, 1.165) is 49.3 Å². The van der Waals surface area contributed by atoms with Crippen molar-refractivity contribution >= 4 is 29.4 Å². The molecule has 0 unspecified atom stereocenters. The minimum Gasteiger partial charge on any atom is -0.493 e. The summed E-state index contributed by atoms with van der Waals surface area (Å²) in [6, 6.07) is 17.0. The number of anilines is 1. The van der Waals surface area contributed by atoms with E-state index in [1.807, 2.05) is 54.8 Å². The molecule has 1 fully saturated rings. The number of ether oxygens (including phenoxy) is 1. The summed E-state index contributed by atoms with van der Waals surface area (Å²) >= 11 is 1.68. The average molecular weight is 535 g/mol. The van der Waals surface area contributed by atoms with Crippen molar-refractivity contribution in [2.75, 3.05) is 50.5 Å². The highest BCUT2D eigenvalue weighted by molar-refractivity contribution is 7.98. The van der Waals surface area contributed by atoms with Crippen LogP contribution in [-0.4, -0.2) is 65.4 Å². The van der Waals surface area contributed by atoms with Crippen molar-refractivity contribution in [1.29, 1.82) is 0 Å². The van der Waals surface area contributed by atoms with Crippen LogP contribution in [0.4, 0.5) is 5.82 Å². The van der Waals surface area contributed by atoms with Crippen LogP contribution < -0.4 is 20.9 Å². The number of piperazine rings is 1. The van der Waals surface area contributed by atoms with Gasteiger partial charge in [-0.05, 0) is 48.6 Å². The molecule has 0 radical (unpaired) electrons. The number of thioether (sulfide) groups is 1. The van der Waals surface area contributed by atoms with E-state index in [2.05, 4.69) is 9.80 Å². The van der Waals surface area contributed by atoms with Crippen molar-refractivity contribution in [2.45, 2.75) is 11.3 Å². The lowest BCUT2D eigenvalue weighted by atomic mass is 10.1. The number of carbonyl (C=O) groups excluding carboxylic acids is 1. The standard InChI is InChI=1S/C29H34N4O4S/c1-30-27(21-28(35)31(2)29(30)36)33-18-16-32(17-19-33)15-6-20-37-26-8-5-4-7-24(26)25(34)14-11-22-9-12-23(38-3)13-10-22/h4-5,7-14,21H,6,15-20H2,1-3H3/b14-11+. The molecule has 0 spiro atoms. The first kappa shape index (κ1) is 27.5. The van der Waals surface area contributed by atoms with Gasteiger partial charge in [0.1, 0.15) is 11.6 Å². The number of allylic oxidation sites excluding steroid dienone is 1. The van der Waals surface area contributed by atoms with E-state index in [1.54, 1.807) is 31.0 Å². The van der Waals surface area contributed by atoms with Crippen LogP contribution in [0.25, 0.3) is 6.08 Å². The third-order valence-corrected chi connectivity index (χ3v) is 7.51. The molecule has 3 aromatic rings. The van der Waals surface area contributed by atoms with Gasteiger partial charge in [-0.25, -0.2) is 4.79 Å². The maximum Gasteiger partial charge on any atom is 0.332 e. The summed E-state index contributed by atoms with van der Waals surface area (Å²) in [7, 11) is 3.19. The van der Waals surface area contributed by atoms with Crippen molar-refractivity contribution < 1.29 is 9.53 Å². The van der Waals surface area contributed by atoms with Crippen LogP contribution in [-0.2, 0) is 14.1 Å². The number of carbonyl (C=O) groups is 1. The summed E-state index contributed by atoms with van der Waals surface area (Å²) in [5, 5.41) is 0. The van der Waals surface area contributed by atoms with Crippen molar-refractivity contribution in [3.05, 3.63) is 92.6 Å². The Bertz CT molecular complexity index is 1400. The lowest BCUT2D eigenvalue weighted by Gasteiger charge is -2.36. The molecule has 0 bridgehead atoms. The van der Waals surface area contributed by atoms with Crippen molar-refractivity contribution in [3.63, 3.8) is 0 Å². The molecule has 0 amide bonds. The van der Waals surface area contributed by atoms with E-state index in [-0.39, 0.29) is 17.0 Å². The molecular weight excluding hydrogens is 500 g/mol. The van der Waals surface area contributed by atoms with Crippen LogP contribution in [0.2, 0.25) is 0 Å². The molecular formula is C29H34N4O4S. The minimum atomic E-state index is -0.314. The molecule has 38 heavy (non-hydrogen) atoms. The van der Waals surface area contributed by atoms with E-state index in [4.69, 9.17) is 4.74 Å². The van der Waals surface area contributed by atoms with Crippen molar-refractivity contribution in [3.8, 4) is 5.75 Å². The van der Waals surface area contributed by atoms with Gasteiger partial charge in [0.15, 0.2) is 5.78 Å². The molecule has 1 saturated heterocycles. The zero-order valence-corrected chi connectivity index (χ0v) is 22.9. The maximum atomic E-state index is 12.8. The van der Waals surface area contributed by atoms with Gasteiger partial charge in [0.2, 0.25) is 0 Å². The zero-order valence-electron chi connectivity index (χ0n) is 22.1. The minimum absolute atomic E-state index is 0.0872. The van der Waals surface area contributed by atoms with Gasteiger partial charge in [0.25, 0.3) is 5.56 Å². The summed E-state index contributed by atoms with van der Waals surface area (Å²) in [6.45, 7) is 4.53. The molecule has 9 heteroatoms. The van der Waals surface area contributed by atoms with Crippen molar-refractivity contribution in [1.82, 2.24) is 14.0 Å². The van der Waals surface area contributed by atoms with Gasteiger partial charge in [-0.1, -0.05) is 30.3 Å². The third-order valence-electron chi connectivity index (χ3n) is 6.77. The summed E-state index contributed by atoms with van der Waals surface area (Å²) in [5.41, 5.74) is 0.928. The Labute approximate surface area is 227 Å². The molecule has 0 atom stereocenters. The van der Waals surface area contributed by atoms with E-state index < -0.39 is 0 Å². The third kappa shape index (κ3) is 6.65. The van der Waals surface area contributed by atoms with Gasteiger partial charge in [0, 0.05) is 57.8 Å². The summed E-state index contributed by atoms with van der Waals surface area (Å²) in [4.78, 5) is 42.8. The molecule has 1 aromatic heterocycles. The Morgan fingerprint density at radius 2 is 1.68 bits per heavy atom. The first-order valence-electron chi connectivity index (χ1n) is 12.7. The first-order chi connectivity index (χ1) is 18.4. The number of hydrogen-bond acceptors (Lipinski definition) is 7. The molecule has 4 rings (SSSR count). The zero-order chi connectivity index (χ0) is 27.1. The molecule has 1 aliphatic heterocycles. The molecule has 0 aliphatic carbocycles. The smallest absolute Gasteiger partial charge is 0.332 e. The monoisotopic (exact) mass is 534 g/mol. The molecule has 2 aromatic carbocycles. The molecule has 200 valence electrons. The van der Waals surface area contributed by atoms with Crippen LogP contribution >= 0.6 is 11.8 Å². The number of para-hydroxylation sites is 1. The second kappa shape index (κ2) is 12.8. The number of nitrogens with zero attached hydrogens (tertiary/aromatic N) is 4. The van der Waals surface area contributed by atoms with Gasteiger partial charge in [-0.2, -0.15) is 0 Å². The number of ketones is 1. The fraction of sp³-hybridized carbons (Fsp3) is 0.345. The second-order valence-electron chi connectivity index (χ2n) is 9.24. The number of aromatic nitrogens is 2. The van der Waals surface area contributed by atoms with E-state index in [0.29, 0.717) is 23.7 Å². The topological polar surface area (TPSA) is 76.8 Å². The van der Waals surface area contributed by atoms with Crippen LogP contribution in [0.1, 0.15) is 22.3 Å². The van der Waals surface area contributed by atoms with Gasteiger partial charge in [-0.3, -0.25) is 23.6 Å². The molecule has 0 N–H and O–H groups in total. The summed E-state index contributed by atoms with van der Waals surface area (Å²) in [6.07, 6.45) is 6.28. The van der Waals surface area contributed by atoms with Gasteiger partial charge in [0.05, 0.1) is 12.2 Å². The number of benzene rings is 2. The Balaban J connectivity index is 1.26. The molecule has 8 nitrogen and oxygen atoms in total. The van der Waals surface area contributed by atoms with Crippen LogP contribution in [0.5, 0.6) is 5.75 Å². The quantitative estimate of drug-likeness (QED) is 0.171. The highest BCUT2D eigenvalue weighted by atomic mass is 32.2. The Hall–Kier alpha value is -3.56. The number of rotatable bonds is 10. The summed E-state index contributed by atoms with van der Waals surface area (Å²) in [5.74, 6) is 1.17. The van der Waals surface area contributed by atoms with Crippen LogP contribution in [0.15, 0.2) is 75.2 Å². The Morgan fingerprint density at radius 3 is 2.39 bits per heavy atom. The molecule has 2 heterocycles. The Morgan fingerprint density at radius 1 is 0.974 bits per heavy atom. The number of hydrogen-bond donors (Lipinski definition) is 0. The fourth-order valence-electron chi connectivity index (χ4n) is 4.47. The lowest BCUT2D eigenvalue weighted by Crippen LogP contribution is -2.49. The normalized spacial score (nSPS) is 14.2. The van der Waals surface area contributed by atoms with Crippen molar-refractivity contribution in [2.24, 2.45) is 14.1 Å². The largest absolute Gasteiger partial charge is 0.493 e.